The van der Waals surface area contributed by atoms with Crippen LogP contribution in [0, 0.1) is 0 Å². The molecule has 1 aliphatic rings. The fourth-order valence-corrected chi connectivity index (χ4v) is 2.58. The second-order valence-electron chi connectivity index (χ2n) is 5.08. The van der Waals surface area contributed by atoms with Crippen LogP contribution in [0.3, 0.4) is 0 Å². The number of anilines is 1. The van der Waals surface area contributed by atoms with Gasteiger partial charge in [-0.05, 0) is 12.1 Å². The van der Waals surface area contributed by atoms with E-state index < -0.39 is 0 Å². The Morgan fingerprint density at radius 1 is 1.23 bits per heavy atom. The Hall–Kier alpha value is -1.01. The zero-order chi connectivity index (χ0) is 15.8. The zero-order valence-electron chi connectivity index (χ0n) is 12.4. The van der Waals surface area contributed by atoms with Gasteiger partial charge >= 0.3 is 0 Å². The second-order valence-corrected chi connectivity index (χ2v) is 5.87. The van der Waals surface area contributed by atoms with Crippen molar-refractivity contribution in [1.82, 2.24) is 10.2 Å². The van der Waals surface area contributed by atoms with Crippen molar-refractivity contribution in [2.24, 2.45) is 0 Å². The van der Waals surface area contributed by atoms with Crippen molar-refractivity contribution in [2.45, 2.75) is 6.42 Å². The van der Waals surface area contributed by atoms with E-state index in [1.54, 1.807) is 6.07 Å². The molecule has 7 heteroatoms. The first-order valence-electron chi connectivity index (χ1n) is 7.41. The molecule has 1 amide bonds. The van der Waals surface area contributed by atoms with Gasteiger partial charge in [-0.25, -0.2) is 0 Å². The van der Waals surface area contributed by atoms with E-state index in [2.05, 4.69) is 15.5 Å². The average molecular weight is 346 g/mol. The van der Waals surface area contributed by atoms with Crippen molar-refractivity contribution in [3.8, 4) is 0 Å². The van der Waals surface area contributed by atoms with E-state index in [1.165, 1.54) is 0 Å². The van der Waals surface area contributed by atoms with Crippen LogP contribution in [-0.4, -0.2) is 56.7 Å². The minimum atomic E-state index is 0.0268. The standard InChI is InChI=1S/C15H21Cl2N3O2/c16-12-2-1-3-13(15(12)17)18-5-4-14(21)19-6-7-20-8-10-22-11-9-20/h1-3,18H,4-11H2,(H,19,21). The van der Waals surface area contributed by atoms with E-state index in [-0.39, 0.29) is 5.91 Å². The Bertz CT molecular complexity index is 494. The fraction of sp³-hybridized carbons (Fsp3) is 0.533. The molecule has 0 aliphatic carbocycles. The maximum atomic E-state index is 11.8. The Morgan fingerprint density at radius 2 is 2.00 bits per heavy atom. The predicted molar refractivity (Wildman–Crippen MR) is 89.8 cm³/mol. The number of amides is 1. The molecular weight excluding hydrogens is 325 g/mol. The van der Waals surface area contributed by atoms with Crippen LogP contribution in [0.4, 0.5) is 5.69 Å². The van der Waals surface area contributed by atoms with Gasteiger partial charge in [-0.2, -0.15) is 0 Å². The lowest BCUT2D eigenvalue weighted by Gasteiger charge is -2.26. The molecule has 0 atom stereocenters. The van der Waals surface area contributed by atoms with Gasteiger partial charge in [0.05, 0.1) is 28.9 Å². The minimum Gasteiger partial charge on any atom is -0.383 e. The molecule has 1 aromatic rings. The average Bonchev–Trinajstić information content (AvgIpc) is 2.52. The molecule has 0 aromatic heterocycles. The van der Waals surface area contributed by atoms with Crippen molar-refractivity contribution < 1.29 is 9.53 Å². The molecule has 1 heterocycles. The van der Waals surface area contributed by atoms with Gasteiger partial charge in [0, 0.05) is 39.1 Å². The number of carbonyl (C=O) groups excluding carboxylic acids is 1. The first kappa shape index (κ1) is 17.3. The largest absolute Gasteiger partial charge is 0.383 e. The van der Waals surface area contributed by atoms with Crippen LogP contribution in [0.5, 0.6) is 0 Å². The monoisotopic (exact) mass is 345 g/mol. The third-order valence-electron chi connectivity index (χ3n) is 3.47. The van der Waals surface area contributed by atoms with Crippen LogP contribution in [0.15, 0.2) is 18.2 Å². The number of benzene rings is 1. The maximum absolute atomic E-state index is 11.8. The van der Waals surface area contributed by atoms with Crippen LogP contribution in [-0.2, 0) is 9.53 Å². The van der Waals surface area contributed by atoms with E-state index in [9.17, 15) is 4.79 Å². The Kier molecular flexibility index (Phi) is 7.25. The summed E-state index contributed by atoms with van der Waals surface area (Å²) >= 11 is 12.0. The molecule has 2 rings (SSSR count). The van der Waals surface area contributed by atoms with E-state index in [1.807, 2.05) is 12.1 Å². The second kappa shape index (κ2) is 9.20. The van der Waals surface area contributed by atoms with Gasteiger partial charge in [0.2, 0.25) is 5.91 Å². The lowest BCUT2D eigenvalue weighted by Crippen LogP contribution is -2.41. The third kappa shape index (κ3) is 5.65. The predicted octanol–water partition coefficient (Wildman–Crippen LogP) is 2.24. The molecule has 1 aliphatic heterocycles. The molecule has 1 fully saturated rings. The molecule has 0 saturated carbocycles. The first-order chi connectivity index (χ1) is 10.7. The van der Waals surface area contributed by atoms with E-state index >= 15 is 0 Å². The van der Waals surface area contributed by atoms with Gasteiger partial charge < -0.3 is 15.4 Å². The highest BCUT2D eigenvalue weighted by Gasteiger charge is 2.10. The Morgan fingerprint density at radius 3 is 2.77 bits per heavy atom. The van der Waals surface area contributed by atoms with Crippen LogP contribution in [0.2, 0.25) is 10.0 Å². The normalized spacial score (nSPS) is 15.5. The molecule has 2 N–H and O–H groups in total. The van der Waals surface area contributed by atoms with Crippen molar-refractivity contribution in [3.05, 3.63) is 28.2 Å². The number of hydrogen-bond donors (Lipinski definition) is 2. The van der Waals surface area contributed by atoms with Crippen molar-refractivity contribution in [3.63, 3.8) is 0 Å². The molecular formula is C15H21Cl2N3O2. The SMILES string of the molecule is O=C(CCNc1cccc(Cl)c1Cl)NCCN1CCOCC1. The fourth-order valence-electron chi connectivity index (χ4n) is 2.22. The minimum absolute atomic E-state index is 0.0268. The van der Waals surface area contributed by atoms with Crippen LogP contribution in [0.1, 0.15) is 6.42 Å². The smallest absolute Gasteiger partial charge is 0.221 e. The number of morpholine rings is 1. The zero-order valence-corrected chi connectivity index (χ0v) is 13.9. The molecule has 122 valence electrons. The third-order valence-corrected chi connectivity index (χ3v) is 4.29. The lowest BCUT2D eigenvalue weighted by atomic mass is 10.3. The summed E-state index contributed by atoms with van der Waals surface area (Å²) in [5.74, 6) is 0.0268. The number of hydrogen-bond acceptors (Lipinski definition) is 4. The van der Waals surface area contributed by atoms with Gasteiger partial charge in [0.25, 0.3) is 0 Å². The summed E-state index contributed by atoms with van der Waals surface area (Å²) in [6, 6.07) is 5.39. The molecule has 1 aromatic carbocycles. The summed E-state index contributed by atoms with van der Waals surface area (Å²) in [5, 5.41) is 7.03. The number of halogens is 2. The Balaban J connectivity index is 1.60. The van der Waals surface area contributed by atoms with Crippen LogP contribution in [0.25, 0.3) is 0 Å². The molecule has 0 bridgehead atoms. The number of nitrogens with one attached hydrogen (secondary N) is 2. The highest BCUT2D eigenvalue weighted by Crippen LogP contribution is 2.29. The number of carbonyl (C=O) groups is 1. The first-order valence-corrected chi connectivity index (χ1v) is 8.17. The molecule has 0 unspecified atom stereocenters. The lowest BCUT2D eigenvalue weighted by molar-refractivity contribution is -0.120. The van der Waals surface area contributed by atoms with Gasteiger partial charge in [-0.15, -0.1) is 0 Å². The van der Waals surface area contributed by atoms with Crippen LogP contribution < -0.4 is 10.6 Å². The highest BCUT2D eigenvalue weighted by atomic mass is 35.5. The summed E-state index contributed by atoms with van der Waals surface area (Å²) in [6.07, 6.45) is 0.395. The quantitative estimate of drug-likeness (QED) is 0.795. The number of rotatable bonds is 7. The van der Waals surface area contributed by atoms with Gasteiger partial charge in [0.1, 0.15) is 0 Å². The summed E-state index contributed by atoms with van der Waals surface area (Å²) in [4.78, 5) is 14.1. The van der Waals surface area contributed by atoms with E-state index in [0.717, 1.165) is 38.5 Å². The van der Waals surface area contributed by atoms with Crippen molar-refractivity contribution >= 4 is 34.8 Å². The molecule has 22 heavy (non-hydrogen) atoms. The van der Waals surface area contributed by atoms with Crippen LogP contribution >= 0.6 is 23.2 Å². The molecule has 5 nitrogen and oxygen atoms in total. The highest BCUT2D eigenvalue weighted by molar-refractivity contribution is 6.43. The summed E-state index contributed by atoms with van der Waals surface area (Å²) in [7, 11) is 0. The van der Waals surface area contributed by atoms with E-state index in [0.29, 0.717) is 29.6 Å². The summed E-state index contributed by atoms with van der Waals surface area (Å²) in [5.41, 5.74) is 0.746. The maximum Gasteiger partial charge on any atom is 0.221 e. The van der Waals surface area contributed by atoms with Gasteiger partial charge in [-0.1, -0.05) is 29.3 Å². The molecule has 0 spiro atoms. The topological polar surface area (TPSA) is 53.6 Å². The molecule has 0 radical (unpaired) electrons. The van der Waals surface area contributed by atoms with Crippen molar-refractivity contribution in [2.75, 3.05) is 51.3 Å². The van der Waals surface area contributed by atoms with Gasteiger partial charge in [0.15, 0.2) is 0 Å². The number of ether oxygens (including phenoxy) is 1. The summed E-state index contributed by atoms with van der Waals surface area (Å²) in [6.45, 7) is 5.47. The molecule has 1 saturated heterocycles. The Labute approximate surface area is 140 Å². The van der Waals surface area contributed by atoms with Crippen molar-refractivity contribution in [1.29, 1.82) is 0 Å². The van der Waals surface area contributed by atoms with E-state index in [4.69, 9.17) is 27.9 Å². The summed E-state index contributed by atoms with van der Waals surface area (Å²) < 4.78 is 5.28. The van der Waals surface area contributed by atoms with Gasteiger partial charge in [-0.3, -0.25) is 9.69 Å². The number of nitrogens with zero attached hydrogens (tertiary/aromatic N) is 1.